The van der Waals surface area contributed by atoms with Gasteiger partial charge >= 0.3 is 6.18 Å². The van der Waals surface area contributed by atoms with Crippen molar-refractivity contribution in [2.75, 3.05) is 26.9 Å². The second-order valence-electron chi connectivity index (χ2n) is 9.78. The van der Waals surface area contributed by atoms with Gasteiger partial charge in [-0.1, -0.05) is 0 Å². The van der Waals surface area contributed by atoms with Crippen molar-refractivity contribution in [1.29, 1.82) is 0 Å². The molecule has 1 fully saturated rings. The Balaban J connectivity index is 1.43. The number of aromatic nitrogens is 1. The largest absolute Gasteiger partial charge is 0.493 e. The fraction of sp³-hybridized carbons (Fsp3) is 0.357. The van der Waals surface area contributed by atoms with Gasteiger partial charge in [-0.15, -0.1) is 0 Å². The summed E-state index contributed by atoms with van der Waals surface area (Å²) in [5, 5.41) is 2.61. The normalized spacial score (nSPS) is 19.0. The van der Waals surface area contributed by atoms with Gasteiger partial charge in [0.05, 0.1) is 19.9 Å². The highest BCUT2D eigenvalue weighted by Crippen LogP contribution is 2.49. The van der Waals surface area contributed by atoms with E-state index in [1.807, 2.05) is 0 Å². The summed E-state index contributed by atoms with van der Waals surface area (Å²) in [7, 11) is 1.44. The summed E-state index contributed by atoms with van der Waals surface area (Å²) in [5.41, 5.74) is 2.87. The summed E-state index contributed by atoms with van der Waals surface area (Å²) in [4.78, 5) is 17.3. The zero-order valence-corrected chi connectivity index (χ0v) is 21.4. The van der Waals surface area contributed by atoms with Crippen LogP contribution in [0, 0.1) is 5.82 Å². The van der Waals surface area contributed by atoms with Gasteiger partial charge in [0.25, 0.3) is 5.91 Å². The van der Waals surface area contributed by atoms with Crippen molar-refractivity contribution >= 4 is 5.91 Å². The van der Waals surface area contributed by atoms with Crippen molar-refractivity contribution in [2.24, 2.45) is 5.73 Å². The second-order valence-corrected chi connectivity index (χ2v) is 9.78. The fourth-order valence-corrected chi connectivity index (χ4v) is 4.37. The van der Waals surface area contributed by atoms with E-state index in [4.69, 9.17) is 19.9 Å². The van der Waals surface area contributed by atoms with Crippen molar-refractivity contribution in [3.63, 3.8) is 0 Å². The number of fused-ring (bicyclic) bond motifs is 1. The van der Waals surface area contributed by atoms with Gasteiger partial charge in [-0.05, 0) is 61.4 Å². The molecule has 2 atom stereocenters. The van der Waals surface area contributed by atoms with Gasteiger partial charge in [-0.3, -0.25) is 9.18 Å². The lowest BCUT2D eigenvalue weighted by molar-refractivity contribution is -0.191. The Morgan fingerprint density at radius 1 is 1.18 bits per heavy atom. The molecule has 0 unspecified atom stereocenters. The minimum absolute atomic E-state index is 0.0372. The molecule has 5 rings (SSSR count). The monoisotopic (exact) mass is 563 g/mol. The molecule has 0 bridgehead atoms. The zero-order valence-electron chi connectivity index (χ0n) is 21.4. The molecule has 0 radical (unpaired) electrons. The topological polar surface area (TPSA) is 95.7 Å². The van der Waals surface area contributed by atoms with Crippen LogP contribution in [0.5, 0.6) is 17.2 Å². The Labute approximate surface area is 226 Å². The van der Waals surface area contributed by atoms with Crippen LogP contribution >= 0.6 is 0 Å². The van der Waals surface area contributed by atoms with Crippen LogP contribution in [0.1, 0.15) is 40.4 Å². The van der Waals surface area contributed by atoms with E-state index in [1.54, 1.807) is 6.07 Å². The lowest BCUT2D eigenvalue weighted by Gasteiger charge is -2.26. The molecule has 1 amide bonds. The van der Waals surface area contributed by atoms with Crippen LogP contribution in [0.3, 0.4) is 0 Å². The molecule has 1 saturated carbocycles. The minimum atomic E-state index is -4.88. The number of halogens is 5. The third-order valence-electron chi connectivity index (χ3n) is 6.90. The van der Waals surface area contributed by atoms with Crippen molar-refractivity contribution in [2.45, 2.75) is 36.6 Å². The third-order valence-corrected chi connectivity index (χ3v) is 6.90. The van der Waals surface area contributed by atoms with Gasteiger partial charge in [0.1, 0.15) is 18.1 Å². The first-order valence-corrected chi connectivity index (χ1v) is 12.5. The summed E-state index contributed by atoms with van der Waals surface area (Å²) in [6.07, 6.45) is -2.88. The number of amides is 1. The number of ether oxygens (including phenoxy) is 3. The first-order chi connectivity index (χ1) is 19.0. The highest BCUT2D eigenvalue weighted by molar-refractivity contribution is 5.95. The number of hydrogen-bond donors (Lipinski definition) is 2. The molecule has 3 N–H and O–H groups in total. The third kappa shape index (κ3) is 5.27. The maximum atomic E-state index is 14.3. The lowest BCUT2D eigenvalue weighted by Crippen LogP contribution is -2.51. The SMILES string of the molecule is COc1cc(C(=O)NC[C@@H](CF)c2cc3c(c(-c4ccc(F)cc4)n2)OC[C@@]3(N)C(F)(F)F)ccc1OC1CC1. The van der Waals surface area contributed by atoms with E-state index in [0.29, 0.717) is 11.5 Å². The number of hydrogen-bond acceptors (Lipinski definition) is 6. The number of benzene rings is 2. The summed E-state index contributed by atoms with van der Waals surface area (Å²) < 4.78 is 86.3. The van der Waals surface area contributed by atoms with Crippen molar-refractivity contribution in [3.8, 4) is 28.5 Å². The summed E-state index contributed by atoms with van der Waals surface area (Å²) in [5.74, 6) is -1.59. The maximum absolute atomic E-state index is 14.3. The Hall–Kier alpha value is -3.93. The number of nitrogens with two attached hydrogens (primary N) is 1. The van der Waals surface area contributed by atoms with E-state index >= 15 is 0 Å². The van der Waals surface area contributed by atoms with Gasteiger partial charge in [0.2, 0.25) is 0 Å². The molecule has 0 saturated heterocycles. The number of nitrogens with one attached hydrogen (secondary N) is 1. The van der Waals surface area contributed by atoms with Crippen LogP contribution < -0.4 is 25.3 Å². The van der Waals surface area contributed by atoms with E-state index in [0.717, 1.165) is 31.0 Å². The molecule has 2 heterocycles. The Bertz CT molecular complexity index is 1410. The van der Waals surface area contributed by atoms with Gasteiger partial charge in [-0.25, -0.2) is 9.37 Å². The number of nitrogens with zero attached hydrogens (tertiary/aromatic N) is 1. The Morgan fingerprint density at radius 3 is 2.52 bits per heavy atom. The molecular formula is C28H26F5N3O4. The Morgan fingerprint density at radius 2 is 1.90 bits per heavy atom. The first-order valence-electron chi connectivity index (χ1n) is 12.5. The van der Waals surface area contributed by atoms with E-state index in [9.17, 15) is 26.7 Å². The van der Waals surface area contributed by atoms with Crippen LogP contribution in [-0.4, -0.2) is 50.1 Å². The predicted molar refractivity (Wildman–Crippen MR) is 135 cm³/mol. The predicted octanol–water partition coefficient (Wildman–Crippen LogP) is 5.03. The molecule has 7 nitrogen and oxygen atoms in total. The van der Waals surface area contributed by atoms with Crippen LogP contribution in [-0.2, 0) is 5.54 Å². The fourth-order valence-electron chi connectivity index (χ4n) is 4.37. The number of alkyl halides is 4. The molecule has 1 aromatic heterocycles. The Kier molecular flexibility index (Phi) is 7.30. The van der Waals surface area contributed by atoms with Gasteiger partial charge in [0.15, 0.2) is 22.8 Å². The first kappa shape index (κ1) is 27.6. The smallest absolute Gasteiger partial charge is 0.414 e. The molecule has 1 aliphatic carbocycles. The number of carbonyl (C=O) groups is 1. The van der Waals surface area contributed by atoms with Gasteiger partial charge < -0.3 is 25.3 Å². The molecule has 0 spiro atoms. The van der Waals surface area contributed by atoms with E-state index < -0.39 is 48.2 Å². The highest BCUT2D eigenvalue weighted by atomic mass is 19.4. The van der Waals surface area contributed by atoms with Crippen molar-refractivity contribution in [1.82, 2.24) is 10.3 Å². The highest BCUT2D eigenvalue weighted by Gasteiger charge is 2.59. The molecule has 40 heavy (non-hydrogen) atoms. The molecule has 212 valence electrons. The molecule has 3 aromatic rings. The van der Waals surface area contributed by atoms with Crippen molar-refractivity contribution < 1.29 is 41.0 Å². The number of methoxy groups -OCH3 is 1. The van der Waals surface area contributed by atoms with Gasteiger partial charge in [-0.2, -0.15) is 13.2 Å². The maximum Gasteiger partial charge on any atom is 0.414 e. The average Bonchev–Trinajstić information content (AvgIpc) is 3.68. The number of carbonyl (C=O) groups excluding carboxylic acids is 1. The molecule has 12 heteroatoms. The summed E-state index contributed by atoms with van der Waals surface area (Å²) in [6.45, 7) is -2.22. The summed E-state index contributed by atoms with van der Waals surface area (Å²) in [6, 6.07) is 10.6. The number of rotatable bonds is 9. The lowest BCUT2D eigenvalue weighted by atomic mass is 9.89. The van der Waals surface area contributed by atoms with E-state index in [1.165, 1.54) is 31.4 Å². The van der Waals surface area contributed by atoms with Crippen molar-refractivity contribution in [3.05, 3.63) is 71.2 Å². The van der Waals surface area contributed by atoms with Crippen LogP contribution in [0.25, 0.3) is 11.3 Å². The second kappa shape index (κ2) is 10.6. The van der Waals surface area contributed by atoms with Crippen LogP contribution in [0.15, 0.2) is 48.5 Å². The zero-order chi connectivity index (χ0) is 28.7. The van der Waals surface area contributed by atoms with Crippen LogP contribution in [0.2, 0.25) is 0 Å². The van der Waals surface area contributed by atoms with E-state index in [-0.39, 0.29) is 40.9 Å². The number of pyridine rings is 1. The van der Waals surface area contributed by atoms with Crippen LogP contribution in [0.4, 0.5) is 22.0 Å². The van der Waals surface area contributed by atoms with Gasteiger partial charge in [0, 0.05) is 34.8 Å². The molecular weight excluding hydrogens is 537 g/mol. The molecule has 1 aliphatic heterocycles. The minimum Gasteiger partial charge on any atom is -0.493 e. The average molecular weight is 564 g/mol. The molecule has 2 aromatic carbocycles. The molecule has 2 aliphatic rings. The standard InChI is InChI=1S/C28H26F5N3O4/c1-38-23-10-16(4-9-22(23)40-19-7-8-19)26(37)35-13-17(12-29)21-11-20-25(39-14-27(20,34)28(31,32)33)24(36-21)15-2-5-18(30)6-3-15/h2-6,9-11,17,19H,7-8,12-14,34H2,1H3,(H,35,37)/t17-,27+/m1/s1. The quantitative estimate of drug-likeness (QED) is 0.355. The van der Waals surface area contributed by atoms with E-state index in [2.05, 4.69) is 10.3 Å². The summed E-state index contributed by atoms with van der Waals surface area (Å²) >= 11 is 0.